The molecule has 1 saturated heterocycles. The predicted octanol–water partition coefficient (Wildman–Crippen LogP) is -0.746. The number of anilines is 3. The third-order valence-corrected chi connectivity index (χ3v) is 3.65. The zero-order chi connectivity index (χ0) is 14.3. The first-order valence-corrected chi connectivity index (χ1v) is 6.36. The number of nitrogens with two attached hydrogens (primary N) is 1. The van der Waals surface area contributed by atoms with E-state index in [0.717, 1.165) is 0 Å². The fraction of sp³-hybridized carbons (Fsp3) is 0.500. The molecule has 2 aliphatic heterocycles. The Morgan fingerprint density at radius 3 is 3.00 bits per heavy atom. The molecule has 0 aliphatic carbocycles. The number of fused-ring (bicyclic) bond motifs is 1. The van der Waals surface area contributed by atoms with Crippen molar-refractivity contribution in [1.29, 1.82) is 0 Å². The van der Waals surface area contributed by atoms with Crippen molar-refractivity contribution in [1.82, 2.24) is 9.97 Å². The van der Waals surface area contributed by atoms with Gasteiger partial charge in [-0.15, -0.1) is 0 Å². The van der Waals surface area contributed by atoms with Crippen LogP contribution >= 0.6 is 0 Å². The number of hydrogen-bond donors (Lipinski definition) is 3. The number of nitrogens with zero attached hydrogens (tertiary/aromatic N) is 4. The maximum absolute atomic E-state index is 9.84. The molecule has 8 nitrogen and oxygen atoms in total. The Morgan fingerprint density at radius 1 is 1.55 bits per heavy atom. The van der Waals surface area contributed by atoms with Gasteiger partial charge in [-0.25, -0.2) is 9.97 Å². The largest absolute Gasteiger partial charge is 0.394 e. The number of hydrogen-bond acceptors (Lipinski definition) is 8. The van der Waals surface area contributed by atoms with Crippen LogP contribution < -0.4 is 15.5 Å². The summed E-state index contributed by atoms with van der Waals surface area (Å²) in [5.41, 5.74) is 6.57. The molecule has 0 spiro atoms. The van der Waals surface area contributed by atoms with Crippen molar-refractivity contribution in [3.63, 3.8) is 0 Å². The molecule has 0 saturated carbocycles. The smallest absolute Gasteiger partial charge is 0.161 e. The van der Waals surface area contributed by atoms with Crippen LogP contribution in [0.15, 0.2) is 19.1 Å². The molecule has 1 fully saturated rings. The first-order chi connectivity index (χ1) is 9.65. The number of aliphatic hydroxyl groups excluding tert-OH is 2. The summed E-state index contributed by atoms with van der Waals surface area (Å²) in [4.78, 5) is 11.9. The first kappa shape index (κ1) is 13.1. The molecular weight excluding hydrogens is 262 g/mol. The zero-order valence-electron chi connectivity index (χ0n) is 10.9. The van der Waals surface area contributed by atoms with Gasteiger partial charge in [0.15, 0.2) is 11.6 Å². The Kier molecular flexibility index (Phi) is 3.20. The summed E-state index contributed by atoms with van der Waals surface area (Å²) in [5, 5.41) is 19.0. The third kappa shape index (κ3) is 1.89. The topological polar surface area (TPSA) is 108 Å². The summed E-state index contributed by atoms with van der Waals surface area (Å²) >= 11 is 0. The molecule has 4 N–H and O–H groups in total. The van der Waals surface area contributed by atoms with E-state index in [1.165, 1.54) is 6.33 Å². The van der Waals surface area contributed by atoms with Crippen molar-refractivity contribution in [3.8, 4) is 0 Å². The molecule has 0 bridgehead atoms. The summed E-state index contributed by atoms with van der Waals surface area (Å²) in [6.45, 7) is 4.00. The highest BCUT2D eigenvalue weighted by atomic mass is 16.5. The van der Waals surface area contributed by atoms with E-state index in [4.69, 9.17) is 15.6 Å². The molecule has 1 aromatic heterocycles. The molecule has 8 heteroatoms. The van der Waals surface area contributed by atoms with Gasteiger partial charge in [0.2, 0.25) is 0 Å². The Morgan fingerprint density at radius 2 is 2.35 bits per heavy atom. The molecule has 108 valence electrons. The highest BCUT2D eigenvalue weighted by molar-refractivity contribution is 5.82. The number of ether oxygens (including phenoxy) is 1. The van der Waals surface area contributed by atoms with Gasteiger partial charge in [-0.1, -0.05) is 6.58 Å². The molecule has 3 atom stereocenters. The Hall–Kier alpha value is -1.90. The lowest BCUT2D eigenvalue weighted by molar-refractivity contribution is -0.0220. The second-order valence-electron chi connectivity index (χ2n) is 4.81. The number of aromatic nitrogens is 2. The van der Waals surface area contributed by atoms with Crippen LogP contribution in [0.2, 0.25) is 0 Å². The van der Waals surface area contributed by atoms with Gasteiger partial charge in [-0.05, 0) is 6.20 Å². The highest BCUT2D eigenvalue weighted by Gasteiger charge is 2.41. The minimum atomic E-state index is -0.689. The zero-order valence-corrected chi connectivity index (χ0v) is 10.9. The molecule has 3 rings (SSSR count). The van der Waals surface area contributed by atoms with Gasteiger partial charge in [0.25, 0.3) is 0 Å². The van der Waals surface area contributed by atoms with Gasteiger partial charge in [0.1, 0.15) is 24.3 Å². The van der Waals surface area contributed by atoms with Crippen LogP contribution in [0.1, 0.15) is 6.42 Å². The lowest BCUT2D eigenvalue weighted by Crippen LogP contribution is -2.37. The fourth-order valence-electron chi connectivity index (χ4n) is 2.62. The van der Waals surface area contributed by atoms with Crippen molar-refractivity contribution in [3.05, 3.63) is 19.1 Å². The maximum Gasteiger partial charge on any atom is 0.161 e. The lowest BCUT2D eigenvalue weighted by Gasteiger charge is -2.25. The minimum absolute atomic E-state index is 0.213. The van der Waals surface area contributed by atoms with Crippen molar-refractivity contribution >= 4 is 17.3 Å². The summed E-state index contributed by atoms with van der Waals surface area (Å²) in [7, 11) is 0. The second kappa shape index (κ2) is 4.89. The van der Waals surface area contributed by atoms with Crippen molar-refractivity contribution in [2.75, 3.05) is 28.8 Å². The monoisotopic (exact) mass is 279 g/mol. The molecule has 3 heterocycles. The molecule has 2 aliphatic rings. The molecule has 1 aromatic rings. The van der Waals surface area contributed by atoms with Gasteiger partial charge in [0, 0.05) is 6.42 Å². The standard InChI is InChI=1S/C12H17N5O3/c1-2-16-6-17(9-3-7(19)8(4-18)20-9)12-10(16)11(13)14-5-15-12/h2,5,7-9,18-19H,1,3-4,6H2,(H2,13,14,15)/t7?,8-,9-/m1/s1. The quantitative estimate of drug-likeness (QED) is 0.663. The van der Waals surface area contributed by atoms with Crippen LogP contribution in [-0.4, -0.2) is 51.9 Å². The van der Waals surface area contributed by atoms with Gasteiger partial charge >= 0.3 is 0 Å². The van der Waals surface area contributed by atoms with E-state index < -0.39 is 12.2 Å². The summed E-state index contributed by atoms with van der Waals surface area (Å²) < 4.78 is 5.66. The van der Waals surface area contributed by atoms with E-state index in [0.29, 0.717) is 30.4 Å². The average molecular weight is 279 g/mol. The van der Waals surface area contributed by atoms with Gasteiger partial charge in [-0.2, -0.15) is 0 Å². The van der Waals surface area contributed by atoms with Crippen molar-refractivity contribution < 1.29 is 14.9 Å². The normalized spacial score (nSPS) is 28.8. The Labute approximate surface area is 116 Å². The third-order valence-electron chi connectivity index (χ3n) is 3.65. The summed E-state index contributed by atoms with van der Waals surface area (Å²) in [6, 6.07) is 0. The Bertz CT molecular complexity index is 526. The van der Waals surface area contributed by atoms with Crippen LogP contribution in [0.3, 0.4) is 0 Å². The second-order valence-corrected chi connectivity index (χ2v) is 4.81. The maximum atomic E-state index is 9.84. The van der Waals surface area contributed by atoms with Crippen LogP contribution in [0.4, 0.5) is 17.3 Å². The summed E-state index contributed by atoms with van der Waals surface area (Å²) in [5.74, 6) is 1.02. The van der Waals surface area contributed by atoms with E-state index in [1.807, 2.05) is 9.80 Å². The first-order valence-electron chi connectivity index (χ1n) is 6.36. The number of aliphatic hydroxyl groups is 2. The van der Waals surface area contributed by atoms with E-state index in [-0.39, 0.29) is 12.8 Å². The van der Waals surface area contributed by atoms with E-state index >= 15 is 0 Å². The molecule has 0 aromatic carbocycles. The minimum Gasteiger partial charge on any atom is -0.394 e. The molecule has 0 radical (unpaired) electrons. The van der Waals surface area contributed by atoms with Gasteiger partial charge < -0.3 is 30.5 Å². The van der Waals surface area contributed by atoms with E-state index in [2.05, 4.69) is 16.5 Å². The SMILES string of the molecule is C=CN1CN([C@H]2CC(O)[C@@H](CO)O2)c2ncnc(N)c21. The fourth-order valence-corrected chi connectivity index (χ4v) is 2.62. The van der Waals surface area contributed by atoms with Crippen molar-refractivity contribution in [2.45, 2.75) is 24.9 Å². The van der Waals surface area contributed by atoms with Crippen LogP contribution in [0.5, 0.6) is 0 Å². The van der Waals surface area contributed by atoms with Gasteiger partial charge in [0.05, 0.1) is 19.4 Å². The number of nitrogen functional groups attached to an aromatic ring is 1. The van der Waals surface area contributed by atoms with Crippen LogP contribution in [0.25, 0.3) is 0 Å². The number of rotatable bonds is 3. The van der Waals surface area contributed by atoms with Crippen LogP contribution in [-0.2, 0) is 4.74 Å². The molecule has 20 heavy (non-hydrogen) atoms. The molecule has 0 amide bonds. The van der Waals surface area contributed by atoms with E-state index in [1.54, 1.807) is 6.20 Å². The molecule has 1 unspecified atom stereocenters. The average Bonchev–Trinajstić information content (AvgIpc) is 3.00. The Balaban J connectivity index is 1.91. The summed E-state index contributed by atoms with van der Waals surface area (Å²) in [6.07, 6.45) is 1.82. The lowest BCUT2D eigenvalue weighted by atomic mass is 10.2. The molecular formula is C12H17N5O3. The van der Waals surface area contributed by atoms with E-state index in [9.17, 15) is 5.11 Å². The van der Waals surface area contributed by atoms with Crippen LogP contribution in [0, 0.1) is 0 Å². The highest BCUT2D eigenvalue weighted by Crippen LogP contribution is 2.40. The van der Waals surface area contributed by atoms with Gasteiger partial charge in [-0.3, -0.25) is 0 Å². The predicted molar refractivity (Wildman–Crippen MR) is 72.8 cm³/mol. The van der Waals surface area contributed by atoms with Crippen molar-refractivity contribution in [2.24, 2.45) is 0 Å².